The number of amides is 2. The fraction of sp³-hybridized carbons (Fsp3) is 0.588. The largest absolute Gasteiger partial charge is 0.379 e. The number of rotatable bonds is 6. The Balaban J connectivity index is 1.62. The average molecular weight is 305 g/mol. The van der Waals surface area contributed by atoms with E-state index in [0.717, 1.165) is 26.2 Å². The lowest BCUT2D eigenvalue weighted by Crippen LogP contribution is -2.52. The average Bonchev–Trinajstić information content (AvgIpc) is 2.54. The van der Waals surface area contributed by atoms with Crippen LogP contribution in [-0.2, 0) is 11.2 Å². The number of nitrogens with zero attached hydrogens (tertiary/aromatic N) is 1. The van der Waals surface area contributed by atoms with E-state index in [4.69, 9.17) is 4.74 Å². The second-order valence-corrected chi connectivity index (χ2v) is 5.88. The summed E-state index contributed by atoms with van der Waals surface area (Å²) in [5.74, 6) is 0. The van der Waals surface area contributed by atoms with Gasteiger partial charge in [-0.1, -0.05) is 30.3 Å². The van der Waals surface area contributed by atoms with Gasteiger partial charge in [0.2, 0.25) is 0 Å². The Kier molecular flexibility index (Phi) is 6.68. The summed E-state index contributed by atoms with van der Waals surface area (Å²) in [5, 5.41) is 5.86. The minimum Gasteiger partial charge on any atom is -0.379 e. The molecule has 0 aliphatic carbocycles. The number of hydrogen-bond donors (Lipinski definition) is 2. The molecule has 5 heteroatoms. The van der Waals surface area contributed by atoms with Crippen molar-refractivity contribution in [3.8, 4) is 0 Å². The van der Waals surface area contributed by atoms with Crippen LogP contribution in [0.25, 0.3) is 0 Å². The molecule has 0 aromatic heterocycles. The van der Waals surface area contributed by atoms with E-state index in [1.807, 2.05) is 18.2 Å². The molecule has 2 N–H and O–H groups in total. The summed E-state index contributed by atoms with van der Waals surface area (Å²) in [4.78, 5) is 14.2. The van der Waals surface area contributed by atoms with Crippen molar-refractivity contribution in [1.29, 1.82) is 0 Å². The molecule has 1 fully saturated rings. The fourth-order valence-electron chi connectivity index (χ4n) is 2.78. The molecule has 22 heavy (non-hydrogen) atoms. The first-order chi connectivity index (χ1) is 10.7. The van der Waals surface area contributed by atoms with Crippen molar-refractivity contribution in [3.05, 3.63) is 35.9 Å². The van der Waals surface area contributed by atoms with Crippen molar-refractivity contribution in [2.75, 3.05) is 32.8 Å². The van der Waals surface area contributed by atoms with Crippen LogP contribution < -0.4 is 10.6 Å². The normalized spacial score (nSPS) is 20.4. The van der Waals surface area contributed by atoms with Gasteiger partial charge in [-0.05, 0) is 25.8 Å². The summed E-state index contributed by atoms with van der Waals surface area (Å²) in [7, 11) is 0. The van der Waals surface area contributed by atoms with Crippen molar-refractivity contribution in [2.24, 2.45) is 0 Å². The molecule has 0 bridgehead atoms. The number of carbonyl (C=O) groups is 1. The van der Waals surface area contributed by atoms with Crippen LogP contribution >= 0.6 is 0 Å². The van der Waals surface area contributed by atoms with Crippen LogP contribution in [0.1, 0.15) is 19.4 Å². The lowest BCUT2D eigenvalue weighted by molar-refractivity contribution is -0.0176. The van der Waals surface area contributed by atoms with E-state index in [1.54, 1.807) is 0 Å². The van der Waals surface area contributed by atoms with Gasteiger partial charge >= 0.3 is 6.03 Å². The zero-order valence-electron chi connectivity index (χ0n) is 13.5. The Hall–Kier alpha value is -1.59. The molecule has 2 atom stereocenters. The molecule has 122 valence electrons. The highest BCUT2D eigenvalue weighted by molar-refractivity contribution is 5.73. The second-order valence-electron chi connectivity index (χ2n) is 5.88. The summed E-state index contributed by atoms with van der Waals surface area (Å²) < 4.78 is 5.44. The highest BCUT2D eigenvalue weighted by Crippen LogP contribution is 2.09. The van der Waals surface area contributed by atoms with Crippen LogP contribution in [0.4, 0.5) is 4.79 Å². The van der Waals surface area contributed by atoms with Gasteiger partial charge in [0, 0.05) is 31.7 Å². The number of benzene rings is 1. The highest BCUT2D eigenvalue weighted by Gasteiger charge is 2.23. The number of urea groups is 1. The van der Waals surface area contributed by atoms with E-state index in [1.165, 1.54) is 5.56 Å². The SMILES string of the molecule is C[C@@H]1COCCN1[C@@H](C)CNC(=O)NCCc1ccccc1. The van der Waals surface area contributed by atoms with Crippen LogP contribution in [0.15, 0.2) is 30.3 Å². The van der Waals surface area contributed by atoms with Crippen molar-refractivity contribution >= 4 is 6.03 Å². The third-order valence-corrected chi connectivity index (χ3v) is 4.09. The summed E-state index contributed by atoms with van der Waals surface area (Å²) in [5.41, 5.74) is 1.23. The molecule has 1 aliphatic heterocycles. The van der Waals surface area contributed by atoms with Gasteiger partial charge < -0.3 is 15.4 Å². The predicted molar refractivity (Wildman–Crippen MR) is 88.0 cm³/mol. The predicted octanol–water partition coefficient (Wildman–Crippen LogP) is 1.64. The molecule has 1 aromatic carbocycles. The Morgan fingerprint density at radius 1 is 1.36 bits per heavy atom. The first-order valence-corrected chi connectivity index (χ1v) is 8.06. The molecular formula is C17H27N3O2. The molecule has 0 spiro atoms. The van der Waals surface area contributed by atoms with Crippen LogP contribution in [0, 0.1) is 0 Å². The Morgan fingerprint density at radius 2 is 2.14 bits per heavy atom. The Morgan fingerprint density at radius 3 is 2.86 bits per heavy atom. The molecule has 5 nitrogen and oxygen atoms in total. The highest BCUT2D eigenvalue weighted by atomic mass is 16.5. The maximum atomic E-state index is 11.8. The number of ether oxygens (including phenoxy) is 1. The summed E-state index contributed by atoms with van der Waals surface area (Å²) in [6, 6.07) is 10.8. The number of carbonyl (C=O) groups excluding carboxylic acids is 1. The molecule has 0 saturated carbocycles. The fourth-order valence-corrected chi connectivity index (χ4v) is 2.78. The standard InChI is InChI=1S/C17H27N3O2/c1-14(20-10-11-22-13-15(20)2)12-19-17(21)18-9-8-16-6-4-3-5-7-16/h3-7,14-15H,8-13H2,1-2H3,(H2,18,19,21)/t14-,15+/m0/s1. The smallest absolute Gasteiger partial charge is 0.314 e. The van der Waals surface area contributed by atoms with Gasteiger partial charge in [0.05, 0.1) is 13.2 Å². The summed E-state index contributed by atoms with van der Waals surface area (Å²) >= 11 is 0. The third-order valence-electron chi connectivity index (χ3n) is 4.09. The number of morpholine rings is 1. The molecule has 1 aliphatic rings. The minimum atomic E-state index is -0.0938. The van der Waals surface area contributed by atoms with E-state index in [0.29, 0.717) is 25.2 Å². The lowest BCUT2D eigenvalue weighted by Gasteiger charge is -2.37. The maximum absolute atomic E-state index is 11.8. The van der Waals surface area contributed by atoms with Crippen molar-refractivity contribution < 1.29 is 9.53 Å². The topological polar surface area (TPSA) is 53.6 Å². The van der Waals surface area contributed by atoms with Gasteiger partial charge in [-0.15, -0.1) is 0 Å². The summed E-state index contributed by atoms with van der Waals surface area (Å²) in [6.45, 7) is 8.09. The van der Waals surface area contributed by atoms with Gasteiger partial charge in [0.1, 0.15) is 0 Å². The molecular weight excluding hydrogens is 278 g/mol. The molecule has 2 amide bonds. The van der Waals surface area contributed by atoms with Crippen molar-refractivity contribution in [2.45, 2.75) is 32.4 Å². The number of nitrogens with one attached hydrogen (secondary N) is 2. The van der Waals surface area contributed by atoms with Crippen LogP contribution in [0.5, 0.6) is 0 Å². The molecule has 1 aromatic rings. The zero-order valence-corrected chi connectivity index (χ0v) is 13.5. The molecule has 1 heterocycles. The van der Waals surface area contributed by atoms with Gasteiger partial charge in [0.25, 0.3) is 0 Å². The van der Waals surface area contributed by atoms with Gasteiger partial charge in [-0.3, -0.25) is 4.90 Å². The van der Waals surface area contributed by atoms with E-state index < -0.39 is 0 Å². The summed E-state index contributed by atoms with van der Waals surface area (Å²) in [6.07, 6.45) is 0.851. The molecule has 0 radical (unpaired) electrons. The monoisotopic (exact) mass is 305 g/mol. The van der Waals surface area contributed by atoms with Crippen LogP contribution in [0.3, 0.4) is 0 Å². The quantitative estimate of drug-likeness (QED) is 0.840. The van der Waals surface area contributed by atoms with Gasteiger partial charge in [0.15, 0.2) is 0 Å². The first-order valence-electron chi connectivity index (χ1n) is 8.06. The maximum Gasteiger partial charge on any atom is 0.314 e. The van der Waals surface area contributed by atoms with Crippen molar-refractivity contribution in [1.82, 2.24) is 15.5 Å². The van der Waals surface area contributed by atoms with E-state index >= 15 is 0 Å². The molecule has 1 saturated heterocycles. The number of hydrogen-bond acceptors (Lipinski definition) is 3. The Bertz CT molecular complexity index is 452. The minimum absolute atomic E-state index is 0.0938. The van der Waals surface area contributed by atoms with Gasteiger partial charge in [-0.25, -0.2) is 4.79 Å². The lowest BCUT2D eigenvalue weighted by atomic mass is 10.1. The zero-order chi connectivity index (χ0) is 15.8. The Labute approximate surface area is 133 Å². The van der Waals surface area contributed by atoms with E-state index in [9.17, 15) is 4.79 Å². The van der Waals surface area contributed by atoms with E-state index in [-0.39, 0.29) is 6.03 Å². The van der Waals surface area contributed by atoms with E-state index in [2.05, 4.69) is 41.5 Å². The third kappa shape index (κ3) is 5.31. The van der Waals surface area contributed by atoms with Gasteiger partial charge in [-0.2, -0.15) is 0 Å². The molecule has 2 rings (SSSR count). The van der Waals surface area contributed by atoms with Crippen LogP contribution in [-0.4, -0.2) is 55.9 Å². The second kappa shape index (κ2) is 8.76. The van der Waals surface area contributed by atoms with Crippen molar-refractivity contribution in [3.63, 3.8) is 0 Å². The van der Waals surface area contributed by atoms with Crippen LogP contribution in [0.2, 0.25) is 0 Å². The first kappa shape index (κ1) is 16.8. The molecule has 0 unspecified atom stereocenters.